The van der Waals surface area contributed by atoms with E-state index in [1.807, 2.05) is 12.1 Å². The first-order chi connectivity index (χ1) is 8.01. The molecule has 1 aromatic carbocycles. The van der Waals surface area contributed by atoms with E-state index in [1.165, 1.54) is 5.56 Å². The summed E-state index contributed by atoms with van der Waals surface area (Å²) in [7, 11) is 0. The maximum Gasteiger partial charge on any atom is 0.0540 e. The number of nitrogens with one attached hydrogen (secondary N) is 1. The molecular weight excluding hydrogens is 210 g/mol. The number of aliphatic hydroxyl groups is 1. The largest absolute Gasteiger partial charge is 0.395 e. The van der Waals surface area contributed by atoms with Crippen LogP contribution in [0.1, 0.15) is 38.3 Å². The summed E-state index contributed by atoms with van der Waals surface area (Å²) in [6, 6.07) is 8.21. The minimum absolute atomic E-state index is 0.126. The average Bonchev–Trinajstić information content (AvgIpc) is 2.27. The van der Waals surface area contributed by atoms with Crippen LogP contribution in [-0.2, 0) is 6.54 Å². The predicted octanol–water partition coefficient (Wildman–Crippen LogP) is 2.31. The van der Waals surface area contributed by atoms with Gasteiger partial charge in [0, 0.05) is 24.1 Å². The highest BCUT2D eigenvalue weighted by Gasteiger charge is 2.07. The van der Waals surface area contributed by atoms with Crippen LogP contribution in [0.25, 0.3) is 0 Å². The zero-order valence-corrected chi connectivity index (χ0v) is 10.9. The summed E-state index contributed by atoms with van der Waals surface area (Å²) < 4.78 is 0. The molecule has 0 heterocycles. The van der Waals surface area contributed by atoms with Crippen molar-refractivity contribution >= 4 is 0 Å². The Morgan fingerprint density at radius 3 is 2.35 bits per heavy atom. The molecule has 0 unspecified atom stereocenters. The predicted molar refractivity (Wildman–Crippen MR) is 71.6 cm³/mol. The topological polar surface area (TPSA) is 32.3 Å². The lowest BCUT2D eigenvalue weighted by Gasteiger charge is -2.20. The van der Waals surface area contributed by atoms with Gasteiger partial charge >= 0.3 is 0 Å². The van der Waals surface area contributed by atoms with Gasteiger partial charge in [-0.1, -0.05) is 24.0 Å². The molecule has 0 atom stereocenters. The second-order valence-corrected chi connectivity index (χ2v) is 5.08. The molecule has 1 rings (SSSR count). The summed E-state index contributed by atoms with van der Waals surface area (Å²) in [6.07, 6.45) is 0.535. The average molecular weight is 231 g/mol. The molecule has 0 aliphatic carbocycles. The zero-order valence-electron chi connectivity index (χ0n) is 10.9. The zero-order chi connectivity index (χ0) is 12.7. The van der Waals surface area contributed by atoms with Gasteiger partial charge in [0.05, 0.1) is 6.61 Å². The molecule has 0 aliphatic rings. The fourth-order valence-electron chi connectivity index (χ4n) is 1.29. The Morgan fingerprint density at radius 2 is 1.82 bits per heavy atom. The monoisotopic (exact) mass is 231 g/mol. The first kappa shape index (κ1) is 13.8. The highest BCUT2D eigenvalue weighted by molar-refractivity contribution is 5.36. The van der Waals surface area contributed by atoms with Gasteiger partial charge in [-0.05, 0) is 38.5 Å². The number of hydrogen-bond acceptors (Lipinski definition) is 2. The van der Waals surface area contributed by atoms with E-state index in [2.05, 4.69) is 50.1 Å². The van der Waals surface area contributed by atoms with Crippen LogP contribution in [0, 0.1) is 11.8 Å². The molecule has 0 amide bonds. The lowest BCUT2D eigenvalue weighted by atomic mass is 10.1. The first-order valence-corrected chi connectivity index (χ1v) is 5.95. The van der Waals surface area contributed by atoms with E-state index in [-0.39, 0.29) is 12.1 Å². The van der Waals surface area contributed by atoms with Crippen LogP contribution in [0.15, 0.2) is 24.3 Å². The molecule has 2 nitrogen and oxygen atoms in total. The van der Waals surface area contributed by atoms with E-state index in [0.717, 1.165) is 12.1 Å². The second-order valence-electron chi connectivity index (χ2n) is 5.08. The molecule has 92 valence electrons. The summed E-state index contributed by atoms with van der Waals surface area (Å²) in [5.74, 6) is 5.93. The van der Waals surface area contributed by atoms with Gasteiger partial charge in [-0.15, -0.1) is 0 Å². The molecule has 0 aromatic heterocycles. The van der Waals surface area contributed by atoms with Crippen molar-refractivity contribution in [3.8, 4) is 11.8 Å². The standard InChI is InChI=1S/C15H21NO/c1-15(2,3)16-12-14-9-7-13(8-10-14)6-4-5-11-17/h7-10,16-17H,5,11-12H2,1-3H3. The number of rotatable bonds is 3. The van der Waals surface area contributed by atoms with Gasteiger partial charge in [0.1, 0.15) is 0 Å². The number of benzene rings is 1. The Hall–Kier alpha value is -1.30. The summed E-state index contributed by atoms with van der Waals surface area (Å²) in [4.78, 5) is 0. The second kappa shape index (κ2) is 6.44. The van der Waals surface area contributed by atoms with Gasteiger partial charge in [-0.3, -0.25) is 0 Å². The van der Waals surface area contributed by atoms with Crippen LogP contribution in [0.3, 0.4) is 0 Å². The van der Waals surface area contributed by atoms with Crippen molar-refractivity contribution in [3.05, 3.63) is 35.4 Å². The van der Waals surface area contributed by atoms with Crippen LogP contribution in [0.4, 0.5) is 0 Å². The molecule has 0 bridgehead atoms. The van der Waals surface area contributed by atoms with Crippen molar-refractivity contribution in [2.75, 3.05) is 6.61 Å². The Morgan fingerprint density at radius 1 is 1.18 bits per heavy atom. The Bertz CT molecular complexity index is 390. The number of aliphatic hydroxyl groups excluding tert-OH is 1. The lowest BCUT2D eigenvalue weighted by Crippen LogP contribution is -2.35. The molecule has 0 radical (unpaired) electrons. The molecule has 2 N–H and O–H groups in total. The fraction of sp³-hybridized carbons (Fsp3) is 0.467. The fourth-order valence-corrected chi connectivity index (χ4v) is 1.29. The molecule has 2 heteroatoms. The normalized spacial score (nSPS) is 10.8. The van der Waals surface area contributed by atoms with Crippen molar-refractivity contribution in [1.29, 1.82) is 0 Å². The van der Waals surface area contributed by atoms with Crippen LogP contribution in [0.2, 0.25) is 0 Å². The van der Waals surface area contributed by atoms with Crippen LogP contribution < -0.4 is 5.32 Å². The molecule has 0 saturated carbocycles. The van der Waals surface area contributed by atoms with Crippen molar-refractivity contribution < 1.29 is 5.11 Å². The third-order valence-corrected chi connectivity index (χ3v) is 2.25. The van der Waals surface area contributed by atoms with E-state index in [0.29, 0.717) is 6.42 Å². The minimum Gasteiger partial charge on any atom is -0.395 e. The molecule has 0 fully saturated rings. The van der Waals surface area contributed by atoms with Crippen molar-refractivity contribution in [2.45, 2.75) is 39.3 Å². The van der Waals surface area contributed by atoms with Crippen molar-refractivity contribution in [2.24, 2.45) is 0 Å². The molecule has 0 saturated heterocycles. The number of hydrogen-bond donors (Lipinski definition) is 2. The summed E-state index contributed by atoms with van der Waals surface area (Å²) in [5.41, 5.74) is 2.39. The molecule has 1 aromatic rings. The first-order valence-electron chi connectivity index (χ1n) is 5.95. The molecule has 17 heavy (non-hydrogen) atoms. The van der Waals surface area contributed by atoms with E-state index in [1.54, 1.807) is 0 Å². The lowest BCUT2D eigenvalue weighted by molar-refractivity contribution is 0.305. The van der Waals surface area contributed by atoms with Crippen LogP contribution >= 0.6 is 0 Å². The Labute approximate surface area is 104 Å². The van der Waals surface area contributed by atoms with Crippen LogP contribution in [0.5, 0.6) is 0 Å². The third-order valence-electron chi connectivity index (χ3n) is 2.25. The summed E-state index contributed by atoms with van der Waals surface area (Å²) >= 11 is 0. The SMILES string of the molecule is CC(C)(C)NCc1ccc(C#CCCO)cc1. The third kappa shape index (κ3) is 6.11. The maximum absolute atomic E-state index is 8.62. The van der Waals surface area contributed by atoms with Gasteiger partial charge in [0.15, 0.2) is 0 Å². The minimum atomic E-state index is 0.126. The van der Waals surface area contributed by atoms with Gasteiger partial charge < -0.3 is 10.4 Å². The molecule has 0 spiro atoms. The van der Waals surface area contributed by atoms with E-state index in [4.69, 9.17) is 5.11 Å². The highest BCUT2D eigenvalue weighted by atomic mass is 16.2. The summed E-state index contributed by atoms with van der Waals surface area (Å²) in [5, 5.41) is 12.1. The summed E-state index contributed by atoms with van der Waals surface area (Å²) in [6.45, 7) is 7.46. The van der Waals surface area contributed by atoms with E-state index in [9.17, 15) is 0 Å². The van der Waals surface area contributed by atoms with Crippen molar-refractivity contribution in [1.82, 2.24) is 5.32 Å². The van der Waals surface area contributed by atoms with Gasteiger partial charge in [0.25, 0.3) is 0 Å². The van der Waals surface area contributed by atoms with Gasteiger partial charge in [0.2, 0.25) is 0 Å². The van der Waals surface area contributed by atoms with Crippen LogP contribution in [-0.4, -0.2) is 17.3 Å². The van der Waals surface area contributed by atoms with E-state index >= 15 is 0 Å². The molecule has 0 aliphatic heterocycles. The smallest absolute Gasteiger partial charge is 0.0540 e. The van der Waals surface area contributed by atoms with Crippen molar-refractivity contribution in [3.63, 3.8) is 0 Å². The highest BCUT2D eigenvalue weighted by Crippen LogP contribution is 2.06. The Balaban J connectivity index is 2.54. The quantitative estimate of drug-likeness (QED) is 0.782. The molecular formula is C15H21NO. The maximum atomic E-state index is 8.62. The Kier molecular flexibility index (Phi) is 5.21. The van der Waals surface area contributed by atoms with Gasteiger partial charge in [-0.25, -0.2) is 0 Å². The van der Waals surface area contributed by atoms with Gasteiger partial charge in [-0.2, -0.15) is 0 Å². The van der Waals surface area contributed by atoms with E-state index < -0.39 is 0 Å².